The molecular formula is C6H9AgKO7. The molecule has 0 fully saturated rings. The first-order valence-electron chi connectivity index (χ1n) is 3.17. The first-order chi connectivity index (χ1) is 5.78. The van der Waals surface area contributed by atoms with E-state index in [-0.39, 0.29) is 75.2 Å². The molecule has 0 bridgehead atoms. The summed E-state index contributed by atoms with van der Waals surface area (Å²) in [6, 6.07) is 0. The maximum atomic E-state index is 10.3. The van der Waals surface area contributed by atoms with E-state index < -0.39 is 36.4 Å². The van der Waals surface area contributed by atoms with Crippen LogP contribution >= 0.6 is 0 Å². The van der Waals surface area contributed by atoms with E-state index in [2.05, 4.69) is 0 Å². The quantitative estimate of drug-likeness (QED) is 0.374. The van der Waals surface area contributed by atoms with Gasteiger partial charge in [0.15, 0.2) is 5.60 Å². The van der Waals surface area contributed by atoms with Crippen molar-refractivity contribution in [2.45, 2.75) is 18.4 Å². The minimum absolute atomic E-state index is 0. The second-order valence-corrected chi connectivity index (χ2v) is 2.48. The Balaban J connectivity index is -0.000000240. The van der Waals surface area contributed by atoms with E-state index in [1.54, 1.807) is 0 Å². The normalized spacial score (nSPS) is 9.40. The molecule has 87 valence electrons. The molecule has 0 saturated heterocycles. The van der Waals surface area contributed by atoms with Gasteiger partial charge in [-0.3, -0.25) is 9.59 Å². The van der Waals surface area contributed by atoms with Gasteiger partial charge < -0.3 is 21.9 Å². The Kier molecular flexibility index (Phi) is 12.4. The van der Waals surface area contributed by atoms with E-state index in [4.69, 9.17) is 20.4 Å². The standard InChI is InChI=1S/C6H8O7.Ag.K.H/c7-3(8)1-6(13,5(11)12)2-4(9)10;;;/h13H,1-2H2,(H,7,8)(H,9,10)(H,11,12);;;/q;;+1;-1. The maximum absolute atomic E-state index is 10.3. The second kappa shape index (κ2) is 8.85. The van der Waals surface area contributed by atoms with Gasteiger partial charge >= 0.3 is 69.3 Å². The molecule has 1 radical (unpaired) electrons. The number of hydrogen-bond acceptors (Lipinski definition) is 4. The van der Waals surface area contributed by atoms with E-state index in [1.807, 2.05) is 0 Å². The third-order valence-corrected chi connectivity index (χ3v) is 1.29. The zero-order valence-corrected chi connectivity index (χ0v) is 12.3. The molecule has 0 aliphatic carbocycles. The Hall–Kier alpha value is 0.747. The van der Waals surface area contributed by atoms with Crippen LogP contribution in [0.2, 0.25) is 0 Å². The average Bonchev–Trinajstić information content (AvgIpc) is 1.82. The van der Waals surface area contributed by atoms with Crippen LogP contribution in [0, 0.1) is 0 Å². The summed E-state index contributed by atoms with van der Waals surface area (Å²) in [5.74, 6) is -5.02. The number of aliphatic hydroxyl groups is 1. The molecule has 0 unspecified atom stereocenters. The van der Waals surface area contributed by atoms with E-state index >= 15 is 0 Å². The largest absolute Gasteiger partial charge is 1.00 e. The Bertz CT molecular complexity index is 243. The van der Waals surface area contributed by atoms with Crippen LogP contribution in [0.5, 0.6) is 0 Å². The molecular weight excluding hydrogens is 331 g/mol. The van der Waals surface area contributed by atoms with Gasteiger partial charge in [0.25, 0.3) is 0 Å². The van der Waals surface area contributed by atoms with E-state index in [0.717, 1.165) is 0 Å². The molecule has 9 heteroatoms. The van der Waals surface area contributed by atoms with Gasteiger partial charge in [-0.25, -0.2) is 4.79 Å². The third-order valence-electron chi connectivity index (χ3n) is 1.29. The molecule has 0 amide bonds. The molecule has 0 aliphatic heterocycles. The van der Waals surface area contributed by atoms with Crippen molar-refractivity contribution >= 4 is 17.9 Å². The summed E-state index contributed by atoms with van der Waals surface area (Å²) in [5.41, 5.74) is -2.74. The van der Waals surface area contributed by atoms with Crippen molar-refractivity contribution in [1.29, 1.82) is 0 Å². The molecule has 0 aromatic rings. The number of carbonyl (C=O) groups is 3. The van der Waals surface area contributed by atoms with Crippen LogP contribution in [-0.2, 0) is 36.8 Å². The predicted molar refractivity (Wildman–Crippen MR) is 38.2 cm³/mol. The van der Waals surface area contributed by atoms with Crippen LogP contribution in [0.25, 0.3) is 0 Å². The molecule has 0 spiro atoms. The fourth-order valence-corrected chi connectivity index (χ4v) is 0.714. The van der Waals surface area contributed by atoms with Crippen LogP contribution in [-0.4, -0.2) is 43.9 Å². The average molecular weight is 340 g/mol. The molecule has 0 saturated carbocycles. The molecule has 0 aliphatic rings. The summed E-state index contributed by atoms with van der Waals surface area (Å²) in [4.78, 5) is 30.5. The molecule has 15 heavy (non-hydrogen) atoms. The summed E-state index contributed by atoms with van der Waals surface area (Å²) in [6.45, 7) is 0. The Labute approximate surface area is 144 Å². The number of aliphatic carboxylic acids is 3. The number of carboxylic acid groups (broad SMARTS) is 3. The van der Waals surface area contributed by atoms with Gasteiger partial charge in [-0.2, -0.15) is 0 Å². The van der Waals surface area contributed by atoms with Crippen molar-refractivity contribution in [3.8, 4) is 0 Å². The van der Waals surface area contributed by atoms with Crippen LogP contribution in [0.3, 0.4) is 0 Å². The Morgan fingerprint density at radius 1 is 1.00 bits per heavy atom. The second-order valence-electron chi connectivity index (χ2n) is 2.48. The van der Waals surface area contributed by atoms with Crippen molar-refractivity contribution < 1.29 is 110 Å². The molecule has 0 aromatic heterocycles. The van der Waals surface area contributed by atoms with Crippen molar-refractivity contribution in [1.82, 2.24) is 0 Å². The Morgan fingerprint density at radius 2 is 1.27 bits per heavy atom. The smallest absolute Gasteiger partial charge is 1.00 e. The van der Waals surface area contributed by atoms with Crippen molar-refractivity contribution in [3.63, 3.8) is 0 Å². The van der Waals surface area contributed by atoms with Gasteiger partial charge in [0.05, 0.1) is 12.8 Å². The maximum Gasteiger partial charge on any atom is 1.00 e. The van der Waals surface area contributed by atoms with Gasteiger partial charge in [0, 0.05) is 22.4 Å². The monoisotopic (exact) mass is 339 g/mol. The summed E-state index contributed by atoms with van der Waals surface area (Å²) in [6.07, 6.45) is -2.29. The number of hydrogen-bond donors (Lipinski definition) is 4. The van der Waals surface area contributed by atoms with E-state index in [1.165, 1.54) is 0 Å². The SMILES string of the molecule is O=C(O)CC(O)(CC(=O)O)C(=O)O.[Ag].[H-].[K+]. The van der Waals surface area contributed by atoms with Crippen molar-refractivity contribution in [2.24, 2.45) is 0 Å². The van der Waals surface area contributed by atoms with Crippen molar-refractivity contribution in [2.75, 3.05) is 0 Å². The third kappa shape index (κ3) is 8.54. The fourth-order valence-electron chi connectivity index (χ4n) is 0.714. The first kappa shape index (κ1) is 21.1. The topological polar surface area (TPSA) is 132 Å². The molecule has 4 N–H and O–H groups in total. The van der Waals surface area contributed by atoms with Gasteiger partial charge in [0.1, 0.15) is 0 Å². The summed E-state index contributed by atoms with van der Waals surface area (Å²) in [5, 5.41) is 33.8. The first-order valence-corrected chi connectivity index (χ1v) is 3.17. The van der Waals surface area contributed by atoms with Crippen LogP contribution < -0.4 is 51.4 Å². The van der Waals surface area contributed by atoms with Crippen LogP contribution in [0.4, 0.5) is 0 Å². The molecule has 0 rings (SSSR count). The van der Waals surface area contributed by atoms with Crippen LogP contribution in [0.1, 0.15) is 14.3 Å². The van der Waals surface area contributed by atoms with Gasteiger partial charge in [-0.05, 0) is 0 Å². The number of carboxylic acids is 3. The fraction of sp³-hybridized carbons (Fsp3) is 0.500. The zero-order valence-electron chi connectivity index (χ0n) is 8.73. The summed E-state index contributed by atoms with van der Waals surface area (Å²) < 4.78 is 0. The molecule has 0 aromatic carbocycles. The van der Waals surface area contributed by atoms with E-state index in [0.29, 0.717) is 0 Å². The Morgan fingerprint density at radius 3 is 1.40 bits per heavy atom. The molecule has 7 nitrogen and oxygen atoms in total. The summed E-state index contributed by atoms with van der Waals surface area (Å²) in [7, 11) is 0. The molecule has 0 heterocycles. The van der Waals surface area contributed by atoms with Gasteiger partial charge in [0.2, 0.25) is 0 Å². The minimum atomic E-state index is -2.74. The zero-order chi connectivity index (χ0) is 10.6. The van der Waals surface area contributed by atoms with Gasteiger partial charge in [-0.15, -0.1) is 0 Å². The van der Waals surface area contributed by atoms with E-state index in [9.17, 15) is 14.4 Å². The number of rotatable bonds is 5. The minimum Gasteiger partial charge on any atom is -1.00 e. The van der Waals surface area contributed by atoms with Crippen LogP contribution in [0.15, 0.2) is 0 Å². The molecule has 0 atom stereocenters. The van der Waals surface area contributed by atoms with Crippen molar-refractivity contribution in [3.05, 3.63) is 0 Å². The van der Waals surface area contributed by atoms with Gasteiger partial charge in [-0.1, -0.05) is 0 Å². The predicted octanol–water partition coefficient (Wildman–Crippen LogP) is -4.13. The summed E-state index contributed by atoms with van der Waals surface area (Å²) >= 11 is 0.